The molecule has 0 bridgehead atoms. The second-order valence-electron chi connectivity index (χ2n) is 4.62. The molecule has 98 valence electrons. The van der Waals surface area contributed by atoms with Crippen LogP contribution in [0.4, 0.5) is 0 Å². The second kappa shape index (κ2) is 7.27. The molecule has 1 rings (SSSR count). The number of hydrogen-bond acceptors (Lipinski definition) is 3. The summed E-state index contributed by atoms with van der Waals surface area (Å²) in [6.07, 6.45) is 3.08. The summed E-state index contributed by atoms with van der Waals surface area (Å²) in [4.78, 5) is 23.2. The Morgan fingerprint density at radius 2 is 2.12 bits per heavy atom. The van der Waals surface area contributed by atoms with Crippen molar-refractivity contribution in [2.45, 2.75) is 39.2 Å². The minimum atomic E-state index is -0.150. The average molecular weight is 241 g/mol. The van der Waals surface area contributed by atoms with Crippen LogP contribution in [-0.2, 0) is 9.59 Å². The van der Waals surface area contributed by atoms with Crippen molar-refractivity contribution < 1.29 is 9.59 Å². The third kappa shape index (κ3) is 4.73. The molecule has 0 aromatic rings. The predicted molar refractivity (Wildman–Crippen MR) is 66.5 cm³/mol. The van der Waals surface area contributed by atoms with Crippen LogP contribution >= 0.6 is 0 Å². The third-order valence-corrected chi connectivity index (χ3v) is 3.05. The van der Waals surface area contributed by atoms with Crippen LogP contribution in [0.3, 0.4) is 0 Å². The Morgan fingerprint density at radius 1 is 1.35 bits per heavy atom. The van der Waals surface area contributed by atoms with Gasteiger partial charge >= 0.3 is 0 Å². The lowest BCUT2D eigenvalue weighted by Gasteiger charge is -2.28. The van der Waals surface area contributed by atoms with E-state index in [4.69, 9.17) is 0 Å². The number of amides is 2. The van der Waals surface area contributed by atoms with Crippen molar-refractivity contribution in [2.24, 2.45) is 5.92 Å². The van der Waals surface area contributed by atoms with Crippen molar-refractivity contribution in [2.75, 3.05) is 19.6 Å². The van der Waals surface area contributed by atoms with Gasteiger partial charge in [0, 0.05) is 6.54 Å². The minimum absolute atomic E-state index is 0.0659. The monoisotopic (exact) mass is 241 g/mol. The van der Waals surface area contributed by atoms with Crippen LogP contribution in [-0.4, -0.2) is 37.5 Å². The van der Waals surface area contributed by atoms with Crippen molar-refractivity contribution >= 4 is 11.8 Å². The highest BCUT2D eigenvalue weighted by molar-refractivity contribution is 5.87. The third-order valence-electron chi connectivity index (χ3n) is 3.05. The van der Waals surface area contributed by atoms with E-state index in [0.717, 1.165) is 25.8 Å². The molecule has 3 N–H and O–H groups in total. The molecule has 1 aliphatic heterocycles. The average Bonchev–Trinajstić information content (AvgIpc) is 2.34. The summed E-state index contributed by atoms with van der Waals surface area (Å²) >= 11 is 0. The quantitative estimate of drug-likeness (QED) is 0.635. The van der Waals surface area contributed by atoms with Crippen molar-refractivity contribution in [3.8, 4) is 0 Å². The van der Waals surface area contributed by atoms with E-state index in [1.54, 1.807) is 0 Å². The largest absolute Gasteiger partial charge is 0.355 e. The Hall–Kier alpha value is -1.10. The van der Waals surface area contributed by atoms with Gasteiger partial charge in [0.1, 0.15) is 0 Å². The first kappa shape index (κ1) is 14.0. The Balaban J connectivity index is 2.26. The maximum atomic E-state index is 11.8. The molecule has 2 atom stereocenters. The molecule has 1 fully saturated rings. The van der Waals surface area contributed by atoms with Crippen LogP contribution in [0.1, 0.15) is 33.1 Å². The molecule has 1 heterocycles. The molecular weight excluding hydrogens is 218 g/mol. The Kier molecular flexibility index (Phi) is 5.97. The summed E-state index contributed by atoms with van der Waals surface area (Å²) < 4.78 is 0. The molecule has 0 aromatic heterocycles. The number of rotatable bonds is 5. The summed E-state index contributed by atoms with van der Waals surface area (Å²) in [5.41, 5.74) is 0. The molecule has 2 unspecified atom stereocenters. The van der Waals surface area contributed by atoms with Crippen molar-refractivity contribution in [3.63, 3.8) is 0 Å². The summed E-state index contributed by atoms with van der Waals surface area (Å²) in [6.45, 7) is 5.67. The maximum absolute atomic E-state index is 11.8. The smallest absolute Gasteiger partial charge is 0.239 e. The van der Waals surface area contributed by atoms with Gasteiger partial charge in [0.25, 0.3) is 0 Å². The fourth-order valence-electron chi connectivity index (χ4n) is 2.00. The number of hydrogen-bond donors (Lipinski definition) is 3. The second-order valence-corrected chi connectivity index (χ2v) is 4.62. The van der Waals surface area contributed by atoms with Gasteiger partial charge in [0.2, 0.25) is 11.8 Å². The van der Waals surface area contributed by atoms with Gasteiger partial charge < -0.3 is 16.0 Å². The van der Waals surface area contributed by atoms with Gasteiger partial charge in [-0.2, -0.15) is 0 Å². The number of carbonyl (C=O) groups excluding carboxylic acids is 2. The van der Waals surface area contributed by atoms with E-state index in [1.807, 2.05) is 6.92 Å². The first-order valence-electron chi connectivity index (χ1n) is 6.43. The van der Waals surface area contributed by atoms with E-state index in [-0.39, 0.29) is 24.4 Å². The van der Waals surface area contributed by atoms with Gasteiger partial charge in [0.15, 0.2) is 0 Å². The molecule has 0 spiro atoms. The molecule has 5 heteroatoms. The highest BCUT2D eigenvalue weighted by Crippen LogP contribution is 2.15. The van der Waals surface area contributed by atoms with Crippen LogP contribution in [0, 0.1) is 5.92 Å². The summed E-state index contributed by atoms with van der Waals surface area (Å²) in [6, 6.07) is -0.150. The SMILES string of the molecule is CCCNC(=O)CNC(=O)C1NCCCC1C. The van der Waals surface area contributed by atoms with Gasteiger partial charge in [-0.3, -0.25) is 9.59 Å². The molecule has 1 saturated heterocycles. The minimum Gasteiger partial charge on any atom is -0.355 e. The molecule has 1 aliphatic rings. The van der Waals surface area contributed by atoms with E-state index in [2.05, 4.69) is 22.9 Å². The molecule has 0 saturated carbocycles. The molecule has 0 aromatic carbocycles. The van der Waals surface area contributed by atoms with Crippen molar-refractivity contribution in [1.82, 2.24) is 16.0 Å². The number of nitrogens with one attached hydrogen (secondary N) is 3. The van der Waals surface area contributed by atoms with Gasteiger partial charge in [-0.05, 0) is 31.7 Å². The zero-order chi connectivity index (χ0) is 12.7. The van der Waals surface area contributed by atoms with Crippen LogP contribution in [0.25, 0.3) is 0 Å². The highest BCUT2D eigenvalue weighted by Gasteiger charge is 2.27. The number of carbonyl (C=O) groups is 2. The number of piperidine rings is 1. The highest BCUT2D eigenvalue weighted by atomic mass is 16.2. The zero-order valence-electron chi connectivity index (χ0n) is 10.7. The Labute approximate surface area is 103 Å². The van der Waals surface area contributed by atoms with Crippen LogP contribution < -0.4 is 16.0 Å². The van der Waals surface area contributed by atoms with E-state index >= 15 is 0 Å². The lowest BCUT2D eigenvalue weighted by atomic mass is 9.92. The summed E-state index contributed by atoms with van der Waals surface area (Å²) in [5, 5.41) is 8.60. The predicted octanol–water partition coefficient (Wildman–Crippen LogP) is 0.0169. The molecule has 0 aliphatic carbocycles. The van der Waals surface area contributed by atoms with Gasteiger partial charge in [-0.25, -0.2) is 0 Å². The van der Waals surface area contributed by atoms with Crippen molar-refractivity contribution in [1.29, 1.82) is 0 Å². The maximum Gasteiger partial charge on any atom is 0.239 e. The first-order valence-corrected chi connectivity index (χ1v) is 6.43. The zero-order valence-corrected chi connectivity index (χ0v) is 10.7. The van der Waals surface area contributed by atoms with Crippen LogP contribution in [0.15, 0.2) is 0 Å². The summed E-state index contributed by atoms with van der Waals surface area (Å²) in [7, 11) is 0. The molecule has 17 heavy (non-hydrogen) atoms. The lowest BCUT2D eigenvalue weighted by molar-refractivity contribution is -0.128. The van der Waals surface area contributed by atoms with Crippen LogP contribution in [0.5, 0.6) is 0 Å². The van der Waals surface area contributed by atoms with E-state index in [0.29, 0.717) is 12.5 Å². The topological polar surface area (TPSA) is 70.2 Å². The Morgan fingerprint density at radius 3 is 2.76 bits per heavy atom. The van der Waals surface area contributed by atoms with Gasteiger partial charge in [-0.15, -0.1) is 0 Å². The summed E-state index contributed by atoms with van der Waals surface area (Å²) in [5.74, 6) is 0.148. The van der Waals surface area contributed by atoms with E-state index in [1.165, 1.54) is 0 Å². The van der Waals surface area contributed by atoms with Crippen molar-refractivity contribution in [3.05, 3.63) is 0 Å². The fourth-order valence-corrected chi connectivity index (χ4v) is 2.00. The molecular formula is C12H23N3O2. The van der Waals surface area contributed by atoms with E-state index < -0.39 is 0 Å². The lowest BCUT2D eigenvalue weighted by Crippen LogP contribution is -2.52. The standard InChI is InChI=1S/C12H23N3O2/c1-3-6-13-10(16)8-15-12(17)11-9(2)5-4-7-14-11/h9,11,14H,3-8H2,1-2H3,(H,13,16)(H,15,17). The normalized spacial score (nSPS) is 24.1. The fraction of sp³-hybridized carbons (Fsp3) is 0.833. The molecule has 5 nitrogen and oxygen atoms in total. The van der Waals surface area contributed by atoms with Gasteiger partial charge in [0.05, 0.1) is 12.6 Å². The van der Waals surface area contributed by atoms with Gasteiger partial charge in [-0.1, -0.05) is 13.8 Å². The molecule has 2 amide bonds. The Bertz CT molecular complexity index is 268. The van der Waals surface area contributed by atoms with E-state index in [9.17, 15) is 9.59 Å². The van der Waals surface area contributed by atoms with Crippen LogP contribution in [0.2, 0.25) is 0 Å². The molecule has 0 radical (unpaired) electrons. The first-order chi connectivity index (χ1) is 8.15.